The molecule has 2 aromatic carbocycles. The predicted octanol–water partition coefficient (Wildman–Crippen LogP) is 4.93. The van der Waals surface area contributed by atoms with Crippen molar-refractivity contribution in [3.8, 4) is 11.6 Å². The van der Waals surface area contributed by atoms with Gasteiger partial charge in [-0.1, -0.05) is 34.1 Å². The van der Waals surface area contributed by atoms with Gasteiger partial charge < -0.3 is 4.74 Å². The first-order chi connectivity index (χ1) is 9.24. The first-order valence-electron chi connectivity index (χ1n) is 5.71. The van der Waals surface area contributed by atoms with E-state index in [9.17, 15) is 4.39 Å². The first kappa shape index (κ1) is 12.1. The van der Waals surface area contributed by atoms with Gasteiger partial charge in [-0.15, -0.1) is 0 Å². The van der Waals surface area contributed by atoms with E-state index in [1.54, 1.807) is 18.3 Å². The molecule has 0 aliphatic carbocycles. The molecule has 19 heavy (non-hydrogen) atoms. The normalized spacial score (nSPS) is 10.6. The van der Waals surface area contributed by atoms with Crippen LogP contribution in [0, 0.1) is 5.82 Å². The van der Waals surface area contributed by atoms with Gasteiger partial charge in [0.15, 0.2) is 11.6 Å². The average molecular weight is 318 g/mol. The third kappa shape index (κ3) is 2.44. The third-order valence-corrected chi connectivity index (χ3v) is 3.23. The van der Waals surface area contributed by atoms with Crippen molar-refractivity contribution in [1.29, 1.82) is 0 Å². The summed E-state index contributed by atoms with van der Waals surface area (Å²) in [5, 5.41) is 1.85. The predicted molar refractivity (Wildman–Crippen MR) is 75.9 cm³/mol. The highest BCUT2D eigenvalue weighted by atomic mass is 79.9. The Hall–Kier alpha value is -1.94. The van der Waals surface area contributed by atoms with Gasteiger partial charge in [0, 0.05) is 16.1 Å². The van der Waals surface area contributed by atoms with E-state index in [0.717, 1.165) is 15.2 Å². The number of rotatable bonds is 2. The lowest BCUT2D eigenvalue weighted by Crippen LogP contribution is -1.92. The minimum absolute atomic E-state index is 0.151. The molecule has 0 N–H and O–H groups in total. The molecule has 94 valence electrons. The fraction of sp³-hybridized carbons (Fsp3) is 0. The number of fused-ring (bicyclic) bond motifs is 1. The summed E-state index contributed by atoms with van der Waals surface area (Å²) in [4.78, 5) is 4.17. The van der Waals surface area contributed by atoms with Crippen molar-refractivity contribution in [2.75, 3.05) is 0 Å². The number of hydrogen-bond acceptors (Lipinski definition) is 2. The van der Waals surface area contributed by atoms with Gasteiger partial charge in [0.05, 0.1) is 0 Å². The van der Waals surface area contributed by atoms with Gasteiger partial charge in [-0.3, -0.25) is 0 Å². The molecule has 0 saturated carbocycles. The summed E-state index contributed by atoms with van der Waals surface area (Å²) in [6.45, 7) is 0. The van der Waals surface area contributed by atoms with Crippen LogP contribution < -0.4 is 4.74 Å². The number of pyridine rings is 1. The molecule has 3 rings (SSSR count). The van der Waals surface area contributed by atoms with Crippen LogP contribution in [0.1, 0.15) is 0 Å². The fourth-order valence-electron chi connectivity index (χ4n) is 1.83. The van der Waals surface area contributed by atoms with Gasteiger partial charge in [0.2, 0.25) is 5.88 Å². The van der Waals surface area contributed by atoms with Crippen LogP contribution in [0.5, 0.6) is 11.6 Å². The maximum absolute atomic E-state index is 13.7. The zero-order valence-corrected chi connectivity index (χ0v) is 11.4. The number of benzene rings is 2. The molecule has 0 bridgehead atoms. The molecule has 0 unspecified atom stereocenters. The first-order valence-corrected chi connectivity index (χ1v) is 6.50. The minimum atomic E-state index is -0.419. The summed E-state index contributed by atoms with van der Waals surface area (Å²) in [7, 11) is 0. The van der Waals surface area contributed by atoms with Crippen molar-refractivity contribution < 1.29 is 9.13 Å². The molecule has 0 amide bonds. The zero-order valence-electron chi connectivity index (χ0n) is 9.81. The molecule has 3 aromatic rings. The highest BCUT2D eigenvalue weighted by molar-refractivity contribution is 9.10. The van der Waals surface area contributed by atoms with Crippen LogP contribution >= 0.6 is 15.9 Å². The molecule has 1 heterocycles. The van der Waals surface area contributed by atoms with Gasteiger partial charge >= 0.3 is 0 Å². The number of halogens is 2. The molecular formula is C15H9BrFNO. The lowest BCUT2D eigenvalue weighted by Gasteiger charge is -2.08. The molecular weight excluding hydrogens is 309 g/mol. The second-order valence-corrected chi connectivity index (χ2v) is 4.93. The van der Waals surface area contributed by atoms with Gasteiger partial charge in [-0.25, -0.2) is 9.37 Å². The summed E-state index contributed by atoms with van der Waals surface area (Å²) in [6, 6.07) is 14.1. The molecule has 0 saturated heterocycles. The topological polar surface area (TPSA) is 22.1 Å². The second kappa shape index (κ2) is 4.97. The van der Waals surface area contributed by atoms with E-state index < -0.39 is 5.82 Å². The Bertz CT molecular complexity index is 740. The van der Waals surface area contributed by atoms with Crippen LogP contribution in [0.3, 0.4) is 0 Å². The van der Waals surface area contributed by atoms with Gasteiger partial charge in [-0.05, 0) is 35.7 Å². The van der Waals surface area contributed by atoms with E-state index in [1.165, 1.54) is 6.07 Å². The number of aromatic nitrogens is 1. The average Bonchev–Trinajstić information content (AvgIpc) is 2.43. The Kier molecular flexibility index (Phi) is 3.17. The fourth-order valence-corrected chi connectivity index (χ4v) is 2.17. The quantitative estimate of drug-likeness (QED) is 0.668. The van der Waals surface area contributed by atoms with Crippen molar-refractivity contribution in [3.05, 3.63) is 65.0 Å². The van der Waals surface area contributed by atoms with E-state index in [2.05, 4.69) is 20.9 Å². The molecule has 2 nitrogen and oxygen atoms in total. The maximum atomic E-state index is 13.7. The van der Waals surface area contributed by atoms with Crippen molar-refractivity contribution in [2.45, 2.75) is 0 Å². The summed E-state index contributed by atoms with van der Waals surface area (Å²) in [6.07, 6.45) is 1.65. The van der Waals surface area contributed by atoms with Crippen molar-refractivity contribution in [3.63, 3.8) is 0 Å². The van der Waals surface area contributed by atoms with Crippen molar-refractivity contribution in [1.82, 2.24) is 4.98 Å². The smallest absolute Gasteiger partial charge is 0.227 e. The van der Waals surface area contributed by atoms with E-state index in [-0.39, 0.29) is 5.75 Å². The summed E-state index contributed by atoms with van der Waals surface area (Å²) >= 11 is 3.29. The standard InChI is InChI=1S/C15H9BrFNO/c16-11-5-6-13(17)14(9-11)19-15-12-4-2-1-3-10(12)7-8-18-15/h1-9H. The maximum Gasteiger partial charge on any atom is 0.227 e. The second-order valence-electron chi connectivity index (χ2n) is 4.01. The molecule has 0 aliphatic heterocycles. The Labute approximate surface area is 118 Å². The largest absolute Gasteiger partial charge is 0.435 e. The van der Waals surface area contributed by atoms with Crippen LogP contribution in [-0.4, -0.2) is 4.98 Å². The lowest BCUT2D eigenvalue weighted by atomic mass is 10.2. The summed E-state index contributed by atoms with van der Waals surface area (Å²) in [5.74, 6) is 0.131. The molecule has 0 atom stereocenters. The molecule has 0 fully saturated rings. The van der Waals surface area contributed by atoms with Crippen LogP contribution in [0.15, 0.2) is 59.2 Å². The van der Waals surface area contributed by atoms with Crippen molar-refractivity contribution in [2.24, 2.45) is 0 Å². The SMILES string of the molecule is Fc1ccc(Br)cc1Oc1nccc2ccccc12. The summed E-state index contributed by atoms with van der Waals surface area (Å²) < 4.78 is 20.0. The molecule has 4 heteroatoms. The molecule has 0 spiro atoms. The van der Waals surface area contributed by atoms with Gasteiger partial charge in [0.25, 0.3) is 0 Å². The monoisotopic (exact) mass is 317 g/mol. The van der Waals surface area contributed by atoms with Gasteiger partial charge in [-0.2, -0.15) is 0 Å². The van der Waals surface area contributed by atoms with Crippen molar-refractivity contribution >= 4 is 26.7 Å². The molecule has 1 aromatic heterocycles. The van der Waals surface area contributed by atoms with Crippen LogP contribution in [0.4, 0.5) is 4.39 Å². The Morgan fingerprint density at radius 1 is 1.05 bits per heavy atom. The number of hydrogen-bond donors (Lipinski definition) is 0. The minimum Gasteiger partial charge on any atom is -0.435 e. The van der Waals surface area contributed by atoms with Crippen LogP contribution in [0.2, 0.25) is 0 Å². The molecule has 0 radical (unpaired) electrons. The Morgan fingerprint density at radius 3 is 2.79 bits per heavy atom. The van der Waals surface area contributed by atoms with Gasteiger partial charge in [0.1, 0.15) is 0 Å². The van der Waals surface area contributed by atoms with Crippen LogP contribution in [0.25, 0.3) is 10.8 Å². The molecule has 0 aliphatic rings. The highest BCUT2D eigenvalue weighted by Gasteiger charge is 2.09. The van der Waals surface area contributed by atoms with E-state index in [0.29, 0.717) is 5.88 Å². The Balaban J connectivity index is 2.08. The van der Waals surface area contributed by atoms with E-state index in [4.69, 9.17) is 4.74 Å². The third-order valence-electron chi connectivity index (χ3n) is 2.74. The highest BCUT2D eigenvalue weighted by Crippen LogP contribution is 2.30. The van der Waals surface area contributed by atoms with E-state index >= 15 is 0 Å². The summed E-state index contributed by atoms with van der Waals surface area (Å²) in [5.41, 5.74) is 0. The van der Waals surface area contributed by atoms with Crippen LogP contribution in [-0.2, 0) is 0 Å². The lowest BCUT2D eigenvalue weighted by molar-refractivity contribution is 0.432. The van der Waals surface area contributed by atoms with E-state index in [1.807, 2.05) is 30.3 Å². The zero-order chi connectivity index (χ0) is 13.2. The number of nitrogens with zero attached hydrogens (tertiary/aromatic N) is 1. The Morgan fingerprint density at radius 2 is 1.89 bits per heavy atom. The number of ether oxygens (including phenoxy) is 1.